The summed E-state index contributed by atoms with van der Waals surface area (Å²) in [5, 5.41) is 3.25. The Kier molecular flexibility index (Phi) is 3.44. The van der Waals surface area contributed by atoms with Crippen LogP contribution in [0.5, 0.6) is 0 Å². The summed E-state index contributed by atoms with van der Waals surface area (Å²) >= 11 is 0. The van der Waals surface area contributed by atoms with E-state index in [0.29, 0.717) is 16.6 Å². The Bertz CT molecular complexity index is 744. The van der Waals surface area contributed by atoms with E-state index in [2.05, 4.69) is 21.9 Å². The number of rotatable bonds is 3. The SMILES string of the molecule is C=C(C)C(C)(C)C(=O)Nc1ccc2nc[nH]c(=O)c2c1. The highest BCUT2D eigenvalue weighted by Gasteiger charge is 2.28. The number of carbonyl (C=O) groups is 1. The van der Waals surface area contributed by atoms with Gasteiger partial charge in [0.05, 0.1) is 22.6 Å². The number of aromatic nitrogens is 2. The van der Waals surface area contributed by atoms with Gasteiger partial charge in [0.15, 0.2) is 0 Å². The molecule has 20 heavy (non-hydrogen) atoms. The summed E-state index contributed by atoms with van der Waals surface area (Å²) in [6, 6.07) is 5.04. The minimum Gasteiger partial charge on any atom is -0.325 e. The molecule has 0 fully saturated rings. The maximum atomic E-state index is 12.2. The zero-order valence-corrected chi connectivity index (χ0v) is 11.8. The molecule has 1 aromatic carbocycles. The first-order valence-electron chi connectivity index (χ1n) is 6.27. The largest absolute Gasteiger partial charge is 0.325 e. The molecule has 0 bridgehead atoms. The Morgan fingerprint density at radius 3 is 2.75 bits per heavy atom. The average molecular weight is 271 g/mol. The van der Waals surface area contributed by atoms with Crippen LogP contribution in [-0.2, 0) is 4.79 Å². The number of carbonyl (C=O) groups excluding carboxylic acids is 1. The molecule has 5 nitrogen and oxygen atoms in total. The predicted molar refractivity (Wildman–Crippen MR) is 79.6 cm³/mol. The summed E-state index contributed by atoms with van der Waals surface area (Å²) in [6.07, 6.45) is 1.35. The van der Waals surface area contributed by atoms with Gasteiger partial charge in [0, 0.05) is 5.69 Å². The molecule has 2 N–H and O–H groups in total. The number of fused-ring (bicyclic) bond motifs is 1. The number of anilines is 1. The van der Waals surface area contributed by atoms with Crippen LogP contribution in [0.2, 0.25) is 0 Å². The summed E-state index contributed by atoms with van der Waals surface area (Å²) in [7, 11) is 0. The normalized spacial score (nSPS) is 11.3. The van der Waals surface area contributed by atoms with Gasteiger partial charge in [-0.25, -0.2) is 4.98 Å². The molecule has 0 aliphatic carbocycles. The fourth-order valence-corrected chi connectivity index (χ4v) is 1.63. The number of nitrogens with zero attached hydrogens (tertiary/aromatic N) is 1. The number of benzene rings is 1. The lowest BCUT2D eigenvalue weighted by molar-refractivity contribution is -0.122. The predicted octanol–water partition coefficient (Wildman–Crippen LogP) is 2.46. The fraction of sp³-hybridized carbons (Fsp3) is 0.267. The van der Waals surface area contributed by atoms with Crippen LogP contribution in [0, 0.1) is 5.41 Å². The van der Waals surface area contributed by atoms with E-state index in [4.69, 9.17) is 0 Å². The number of hydrogen-bond acceptors (Lipinski definition) is 3. The molecule has 2 rings (SSSR count). The highest BCUT2D eigenvalue weighted by atomic mass is 16.2. The van der Waals surface area contributed by atoms with E-state index >= 15 is 0 Å². The van der Waals surface area contributed by atoms with Crippen LogP contribution >= 0.6 is 0 Å². The van der Waals surface area contributed by atoms with Gasteiger partial charge >= 0.3 is 0 Å². The molecule has 0 aliphatic rings. The topological polar surface area (TPSA) is 74.8 Å². The molecule has 1 heterocycles. The summed E-state index contributed by atoms with van der Waals surface area (Å²) < 4.78 is 0. The van der Waals surface area contributed by atoms with E-state index in [1.54, 1.807) is 32.0 Å². The van der Waals surface area contributed by atoms with Crippen LogP contribution in [0.25, 0.3) is 10.9 Å². The van der Waals surface area contributed by atoms with E-state index in [1.165, 1.54) is 6.33 Å². The molecular weight excluding hydrogens is 254 g/mol. The molecule has 0 saturated heterocycles. The van der Waals surface area contributed by atoms with Gasteiger partial charge in [0.1, 0.15) is 0 Å². The Balaban J connectivity index is 2.36. The number of hydrogen-bond donors (Lipinski definition) is 2. The van der Waals surface area contributed by atoms with Gasteiger partial charge in [-0.05, 0) is 39.0 Å². The third kappa shape index (κ3) is 2.47. The van der Waals surface area contributed by atoms with Gasteiger partial charge in [-0.15, -0.1) is 0 Å². The molecule has 2 aromatic rings. The first-order valence-corrected chi connectivity index (χ1v) is 6.27. The lowest BCUT2D eigenvalue weighted by Crippen LogP contribution is -2.31. The number of nitrogens with one attached hydrogen (secondary N) is 2. The van der Waals surface area contributed by atoms with Gasteiger partial charge < -0.3 is 10.3 Å². The standard InChI is InChI=1S/C15H17N3O2/c1-9(2)15(3,4)14(20)18-10-5-6-12-11(7-10)13(19)17-8-16-12/h5-8H,1H2,2-4H3,(H,18,20)(H,16,17,19). The number of amides is 1. The van der Waals surface area contributed by atoms with E-state index in [9.17, 15) is 9.59 Å². The van der Waals surface area contributed by atoms with Crippen molar-refractivity contribution in [1.82, 2.24) is 9.97 Å². The average Bonchev–Trinajstić information content (AvgIpc) is 2.39. The minimum atomic E-state index is -0.670. The number of aromatic amines is 1. The van der Waals surface area contributed by atoms with Crippen molar-refractivity contribution in [3.8, 4) is 0 Å². The molecule has 104 valence electrons. The molecule has 0 unspecified atom stereocenters. The summed E-state index contributed by atoms with van der Waals surface area (Å²) in [6.45, 7) is 9.25. The summed E-state index contributed by atoms with van der Waals surface area (Å²) in [4.78, 5) is 30.5. The van der Waals surface area contributed by atoms with Gasteiger partial charge in [-0.2, -0.15) is 0 Å². The molecule has 0 aliphatic heterocycles. The minimum absolute atomic E-state index is 0.162. The molecular formula is C15H17N3O2. The molecule has 1 aromatic heterocycles. The van der Waals surface area contributed by atoms with Crippen molar-refractivity contribution in [2.75, 3.05) is 5.32 Å². The van der Waals surface area contributed by atoms with Crippen molar-refractivity contribution in [3.63, 3.8) is 0 Å². The summed E-state index contributed by atoms with van der Waals surface area (Å²) in [5.41, 5.74) is 1.03. The van der Waals surface area contributed by atoms with Crippen molar-refractivity contribution in [1.29, 1.82) is 0 Å². The highest BCUT2D eigenvalue weighted by molar-refractivity contribution is 5.98. The lowest BCUT2D eigenvalue weighted by Gasteiger charge is -2.23. The summed E-state index contributed by atoms with van der Waals surface area (Å²) in [5.74, 6) is -0.162. The molecule has 5 heteroatoms. The van der Waals surface area contributed by atoms with Crippen LogP contribution in [0.3, 0.4) is 0 Å². The van der Waals surface area contributed by atoms with E-state index in [-0.39, 0.29) is 11.5 Å². The zero-order valence-electron chi connectivity index (χ0n) is 11.8. The van der Waals surface area contributed by atoms with Crippen LogP contribution < -0.4 is 10.9 Å². The Morgan fingerprint density at radius 2 is 2.10 bits per heavy atom. The van der Waals surface area contributed by atoms with Crippen LogP contribution in [0.1, 0.15) is 20.8 Å². The van der Waals surface area contributed by atoms with Gasteiger partial charge in [0.25, 0.3) is 5.56 Å². The zero-order chi connectivity index (χ0) is 14.9. The lowest BCUT2D eigenvalue weighted by atomic mass is 9.85. The van der Waals surface area contributed by atoms with Gasteiger partial charge in [-0.3, -0.25) is 9.59 Å². The second-order valence-electron chi connectivity index (χ2n) is 5.32. The molecule has 1 amide bonds. The first kappa shape index (κ1) is 14.0. The van der Waals surface area contributed by atoms with Crippen molar-refractivity contribution in [3.05, 3.63) is 47.0 Å². The van der Waals surface area contributed by atoms with Crippen LogP contribution in [-0.4, -0.2) is 15.9 Å². The van der Waals surface area contributed by atoms with E-state index < -0.39 is 5.41 Å². The molecule has 0 saturated carbocycles. The first-order chi connectivity index (χ1) is 9.32. The maximum Gasteiger partial charge on any atom is 0.258 e. The van der Waals surface area contributed by atoms with Crippen molar-refractivity contribution < 1.29 is 4.79 Å². The molecule has 0 radical (unpaired) electrons. The maximum absolute atomic E-state index is 12.2. The number of H-pyrrole nitrogens is 1. The van der Waals surface area contributed by atoms with E-state index in [1.807, 2.05) is 6.92 Å². The van der Waals surface area contributed by atoms with Crippen LogP contribution in [0.15, 0.2) is 41.5 Å². The fourth-order valence-electron chi connectivity index (χ4n) is 1.63. The smallest absolute Gasteiger partial charge is 0.258 e. The Morgan fingerprint density at radius 1 is 1.40 bits per heavy atom. The molecule has 0 spiro atoms. The van der Waals surface area contributed by atoms with E-state index in [0.717, 1.165) is 5.57 Å². The monoisotopic (exact) mass is 271 g/mol. The van der Waals surface area contributed by atoms with Crippen molar-refractivity contribution in [2.45, 2.75) is 20.8 Å². The van der Waals surface area contributed by atoms with Gasteiger partial charge in [0.2, 0.25) is 5.91 Å². The second-order valence-corrected chi connectivity index (χ2v) is 5.32. The van der Waals surface area contributed by atoms with Crippen LogP contribution in [0.4, 0.5) is 5.69 Å². The molecule has 0 atom stereocenters. The third-order valence-electron chi connectivity index (χ3n) is 3.53. The van der Waals surface area contributed by atoms with Gasteiger partial charge in [-0.1, -0.05) is 12.2 Å². The van der Waals surface area contributed by atoms with Crippen molar-refractivity contribution in [2.24, 2.45) is 5.41 Å². The third-order valence-corrected chi connectivity index (χ3v) is 3.53. The quantitative estimate of drug-likeness (QED) is 0.842. The Hall–Kier alpha value is -2.43. The van der Waals surface area contributed by atoms with Crippen molar-refractivity contribution >= 4 is 22.5 Å². The Labute approximate surface area is 116 Å². The second kappa shape index (κ2) is 4.92. The highest BCUT2D eigenvalue weighted by Crippen LogP contribution is 2.26.